The molecule has 2 aromatic heterocycles. The van der Waals surface area contributed by atoms with Crippen LogP contribution >= 0.6 is 0 Å². The molecule has 4 heterocycles. The van der Waals surface area contributed by atoms with E-state index in [1.54, 1.807) is 34.1 Å². The summed E-state index contributed by atoms with van der Waals surface area (Å²) in [6, 6.07) is 10.7. The van der Waals surface area contributed by atoms with Crippen molar-refractivity contribution in [1.82, 2.24) is 30.4 Å². The van der Waals surface area contributed by atoms with Gasteiger partial charge in [0, 0.05) is 90.4 Å². The minimum Gasteiger partial charge on any atom is -0.324 e. The Kier molecular flexibility index (Phi) is 8.82. The molecule has 2 fully saturated rings. The normalized spacial score (nSPS) is 18.4. The zero-order chi connectivity index (χ0) is 27.0. The second-order valence-corrected chi connectivity index (χ2v) is 10.1. The van der Waals surface area contributed by atoms with Crippen LogP contribution in [0.15, 0.2) is 36.7 Å². The Morgan fingerprint density at radius 2 is 1.18 bits per heavy atom. The molecular formula is C27H32F2N8O. The molecule has 11 heteroatoms. The van der Waals surface area contributed by atoms with Crippen LogP contribution < -0.4 is 10.6 Å². The van der Waals surface area contributed by atoms with E-state index in [4.69, 9.17) is 10.5 Å². The molecule has 0 aromatic carbocycles. The Balaban J connectivity index is 1.15. The number of alkyl halides is 2. The molecule has 2 aliphatic rings. The summed E-state index contributed by atoms with van der Waals surface area (Å²) in [6.07, 6.45) is 3.93. The Labute approximate surface area is 221 Å². The molecular weight excluding hydrogens is 490 g/mol. The van der Waals surface area contributed by atoms with Crippen LogP contribution in [0.3, 0.4) is 0 Å². The number of nitrogens with one attached hydrogen (secondary N) is 2. The molecule has 0 unspecified atom stereocenters. The van der Waals surface area contributed by atoms with E-state index >= 15 is 8.78 Å². The molecule has 0 saturated carbocycles. The zero-order valence-corrected chi connectivity index (χ0v) is 21.3. The first kappa shape index (κ1) is 27.4. The van der Waals surface area contributed by atoms with E-state index < -0.39 is 11.3 Å². The molecule has 0 spiro atoms. The van der Waals surface area contributed by atoms with Gasteiger partial charge in [0.1, 0.15) is 23.5 Å². The summed E-state index contributed by atoms with van der Waals surface area (Å²) >= 11 is 0. The van der Waals surface area contributed by atoms with Crippen molar-refractivity contribution in [1.29, 1.82) is 10.5 Å². The highest BCUT2D eigenvalue weighted by Gasteiger charge is 2.40. The van der Waals surface area contributed by atoms with Crippen molar-refractivity contribution in [2.75, 3.05) is 39.3 Å². The van der Waals surface area contributed by atoms with Gasteiger partial charge in [-0.3, -0.25) is 9.97 Å². The van der Waals surface area contributed by atoms with Crippen molar-refractivity contribution < 1.29 is 13.6 Å². The number of hydrogen-bond donors (Lipinski definition) is 2. The third-order valence-electron chi connectivity index (χ3n) is 7.26. The van der Waals surface area contributed by atoms with Gasteiger partial charge >= 0.3 is 6.03 Å². The molecule has 0 bridgehead atoms. The standard InChI is InChI=1S/C27H32F2N8O/c28-26(19-32-17-23-3-1-21(13-30)15-34-23)5-9-36(10-6-26)25(38)37-11-7-27(29,8-12-37)20-33-18-24-4-2-22(14-31)16-35-24/h1-4,15-16,32-33H,5-12,17-20H2. The van der Waals surface area contributed by atoms with E-state index in [-0.39, 0.29) is 44.8 Å². The monoisotopic (exact) mass is 522 g/mol. The number of aromatic nitrogens is 2. The summed E-state index contributed by atoms with van der Waals surface area (Å²) in [6.45, 7) is 2.41. The maximum Gasteiger partial charge on any atom is 0.320 e. The first-order chi connectivity index (χ1) is 18.3. The van der Waals surface area contributed by atoms with Crippen molar-refractivity contribution in [3.05, 3.63) is 59.2 Å². The van der Waals surface area contributed by atoms with Gasteiger partial charge in [-0.05, 0) is 24.3 Å². The highest BCUT2D eigenvalue weighted by Crippen LogP contribution is 2.29. The SMILES string of the molecule is N#Cc1ccc(CNCC2(F)CCN(C(=O)N3CCC(F)(CNCc4ccc(C#N)cn4)CC3)CC2)nc1. The summed E-state index contributed by atoms with van der Waals surface area (Å²) in [5.74, 6) is 0. The smallest absolute Gasteiger partial charge is 0.320 e. The number of carbonyl (C=O) groups is 1. The fourth-order valence-corrected chi connectivity index (χ4v) is 4.77. The van der Waals surface area contributed by atoms with E-state index in [2.05, 4.69) is 20.6 Å². The number of urea groups is 1. The number of nitriles is 2. The van der Waals surface area contributed by atoms with Gasteiger partial charge in [-0.25, -0.2) is 13.6 Å². The van der Waals surface area contributed by atoms with Gasteiger partial charge in [0.25, 0.3) is 0 Å². The highest BCUT2D eigenvalue weighted by molar-refractivity contribution is 5.74. The first-order valence-corrected chi connectivity index (χ1v) is 12.8. The number of carbonyl (C=O) groups excluding carboxylic acids is 1. The molecule has 2 aliphatic heterocycles. The average molecular weight is 523 g/mol. The van der Waals surface area contributed by atoms with E-state index in [9.17, 15) is 4.79 Å². The molecule has 200 valence electrons. The molecule has 4 rings (SSSR count). The fraction of sp³-hybridized carbons (Fsp3) is 0.519. The summed E-state index contributed by atoms with van der Waals surface area (Å²) in [5.41, 5.74) is -0.394. The highest BCUT2D eigenvalue weighted by atomic mass is 19.1. The van der Waals surface area contributed by atoms with Crippen LogP contribution in [0.4, 0.5) is 13.6 Å². The van der Waals surface area contributed by atoms with E-state index in [1.165, 1.54) is 12.4 Å². The lowest BCUT2D eigenvalue weighted by Crippen LogP contribution is -2.55. The van der Waals surface area contributed by atoms with Crippen LogP contribution in [-0.4, -0.2) is 76.4 Å². The number of amides is 2. The van der Waals surface area contributed by atoms with Crippen molar-refractivity contribution in [3.63, 3.8) is 0 Å². The van der Waals surface area contributed by atoms with Gasteiger partial charge in [-0.2, -0.15) is 10.5 Å². The van der Waals surface area contributed by atoms with Crippen LogP contribution in [-0.2, 0) is 13.1 Å². The molecule has 9 nitrogen and oxygen atoms in total. The van der Waals surface area contributed by atoms with Crippen molar-refractivity contribution in [3.8, 4) is 12.1 Å². The third-order valence-corrected chi connectivity index (χ3v) is 7.26. The Morgan fingerprint density at radius 1 is 0.789 bits per heavy atom. The van der Waals surface area contributed by atoms with Crippen LogP contribution in [0.2, 0.25) is 0 Å². The second-order valence-electron chi connectivity index (χ2n) is 10.1. The minimum absolute atomic E-state index is 0.154. The largest absolute Gasteiger partial charge is 0.324 e. The van der Waals surface area contributed by atoms with E-state index in [0.717, 1.165) is 11.4 Å². The fourth-order valence-electron chi connectivity index (χ4n) is 4.77. The molecule has 0 aliphatic carbocycles. The Morgan fingerprint density at radius 3 is 1.50 bits per heavy atom. The lowest BCUT2D eigenvalue weighted by Gasteiger charge is -2.42. The van der Waals surface area contributed by atoms with Gasteiger partial charge in [0.15, 0.2) is 0 Å². The number of pyridine rings is 2. The van der Waals surface area contributed by atoms with Gasteiger partial charge in [0.05, 0.1) is 22.5 Å². The Hall–Kier alpha value is -3.67. The number of likely N-dealkylation sites (tertiary alicyclic amines) is 2. The quantitative estimate of drug-likeness (QED) is 0.547. The average Bonchev–Trinajstić information content (AvgIpc) is 2.94. The molecule has 2 amide bonds. The predicted octanol–water partition coefficient (Wildman–Crippen LogP) is 2.83. The van der Waals surface area contributed by atoms with Crippen LogP contribution in [0, 0.1) is 22.7 Å². The number of rotatable bonds is 8. The topological polar surface area (TPSA) is 121 Å². The number of piperidine rings is 2. The summed E-state index contributed by atoms with van der Waals surface area (Å²) < 4.78 is 30.6. The molecule has 38 heavy (non-hydrogen) atoms. The van der Waals surface area contributed by atoms with Crippen molar-refractivity contribution in [2.24, 2.45) is 0 Å². The number of halogens is 2. The maximum absolute atomic E-state index is 15.3. The third kappa shape index (κ3) is 7.21. The predicted molar refractivity (Wildman–Crippen MR) is 136 cm³/mol. The van der Waals surface area contributed by atoms with E-state index in [1.807, 2.05) is 12.1 Å². The van der Waals surface area contributed by atoms with Crippen LogP contribution in [0.5, 0.6) is 0 Å². The Bertz CT molecular complexity index is 1070. The number of nitrogens with zero attached hydrogens (tertiary/aromatic N) is 6. The van der Waals surface area contributed by atoms with Crippen LogP contribution in [0.1, 0.15) is 48.2 Å². The molecule has 2 N–H and O–H groups in total. The molecule has 0 atom stereocenters. The maximum atomic E-state index is 15.3. The molecule has 2 saturated heterocycles. The van der Waals surface area contributed by atoms with Crippen molar-refractivity contribution in [2.45, 2.75) is 50.1 Å². The summed E-state index contributed by atoms with van der Waals surface area (Å²) in [4.78, 5) is 24.7. The second kappa shape index (κ2) is 12.2. The van der Waals surface area contributed by atoms with Gasteiger partial charge in [-0.1, -0.05) is 0 Å². The summed E-state index contributed by atoms with van der Waals surface area (Å²) in [7, 11) is 0. The number of hydrogen-bond acceptors (Lipinski definition) is 7. The van der Waals surface area contributed by atoms with Gasteiger partial charge in [0.2, 0.25) is 0 Å². The van der Waals surface area contributed by atoms with Crippen molar-refractivity contribution >= 4 is 6.03 Å². The molecule has 2 aromatic rings. The van der Waals surface area contributed by atoms with Gasteiger partial charge in [-0.15, -0.1) is 0 Å². The van der Waals surface area contributed by atoms with Crippen LogP contribution in [0.25, 0.3) is 0 Å². The lowest BCUT2D eigenvalue weighted by atomic mass is 9.92. The zero-order valence-electron chi connectivity index (χ0n) is 21.3. The van der Waals surface area contributed by atoms with Gasteiger partial charge < -0.3 is 20.4 Å². The summed E-state index contributed by atoms with van der Waals surface area (Å²) in [5, 5.41) is 23.9. The molecule has 0 radical (unpaired) electrons. The van der Waals surface area contributed by atoms with E-state index in [0.29, 0.717) is 50.4 Å². The lowest BCUT2D eigenvalue weighted by molar-refractivity contribution is 0.0397. The first-order valence-electron chi connectivity index (χ1n) is 12.8. The minimum atomic E-state index is -1.41.